The van der Waals surface area contributed by atoms with Crippen LogP contribution in [0, 0.1) is 17.0 Å². The van der Waals surface area contributed by atoms with Crippen molar-refractivity contribution in [3.05, 3.63) is 35.4 Å². The zero-order chi connectivity index (χ0) is 13.8. The van der Waals surface area contributed by atoms with Gasteiger partial charge in [0.25, 0.3) is 0 Å². The molecular weight excluding hydrogens is 238 g/mol. The predicted molar refractivity (Wildman–Crippen MR) is 65.9 cm³/mol. The van der Waals surface area contributed by atoms with Gasteiger partial charge in [0.15, 0.2) is 11.6 Å². The highest BCUT2D eigenvalue weighted by Crippen LogP contribution is 2.14. The first-order valence-electron chi connectivity index (χ1n) is 5.73. The summed E-state index contributed by atoms with van der Waals surface area (Å²) >= 11 is 0. The van der Waals surface area contributed by atoms with E-state index >= 15 is 0 Å². The van der Waals surface area contributed by atoms with Crippen LogP contribution in [0.4, 0.5) is 8.78 Å². The standard InChI is InChI=1S/C13H18F2N2O/c1-13(2,12(18)16-3)8-17-7-9-4-5-10(14)11(15)6-9/h4-6,17H,7-8H2,1-3H3,(H,16,18). The third-order valence-corrected chi connectivity index (χ3v) is 2.72. The second-order valence-electron chi connectivity index (χ2n) is 4.82. The van der Waals surface area contributed by atoms with Gasteiger partial charge in [-0.1, -0.05) is 6.07 Å². The molecule has 1 rings (SSSR count). The molecule has 18 heavy (non-hydrogen) atoms. The van der Waals surface area contributed by atoms with Crippen LogP contribution in [-0.2, 0) is 11.3 Å². The Labute approximate surface area is 106 Å². The van der Waals surface area contributed by atoms with Gasteiger partial charge in [0.1, 0.15) is 0 Å². The second-order valence-corrected chi connectivity index (χ2v) is 4.82. The summed E-state index contributed by atoms with van der Waals surface area (Å²) < 4.78 is 25.7. The molecular formula is C13H18F2N2O. The fraction of sp³-hybridized carbons (Fsp3) is 0.462. The molecule has 100 valence electrons. The first-order chi connectivity index (χ1) is 8.36. The molecule has 0 heterocycles. The summed E-state index contributed by atoms with van der Waals surface area (Å²) in [6.45, 7) is 4.46. The maximum absolute atomic E-state index is 13.0. The first-order valence-corrected chi connectivity index (χ1v) is 5.73. The van der Waals surface area contributed by atoms with E-state index in [0.29, 0.717) is 18.7 Å². The van der Waals surface area contributed by atoms with Gasteiger partial charge in [0, 0.05) is 20.1 Å². The molecule has 3 nitrogen and oxygen atoms in total. The highest BCUT2D eigenvalue weighted by atomic mass is 19.2. The molecule has 1 aromatic rings. The lowest BCUT2D eigenvalue weighted by atomic mass is 9.92. The van der Waals surface area contributed by atoms with E-state index < -0.39 is 17.0 Å². The van der Waals surface area contributed by atoms with Crippen LogP contribution in [0.15, 0.2) is 18.2 Å². The minimum atomic E-state index is -0.861. The summed E-state index contributed by atoms with van der Waals surface area (Å²) in [7, 11) is 1.58. The molecule has 0 saturated carbocycles. The van der Waals surface area contributed by atoms with Crippen LogP contribution in [-0.4, -0.2) is 19.5 Å². The molecule has 0 spiro atoms. The van der Waals surface area contributed by atoms with E-state index in [1.165, 1.54) is 6.07 Å². The lowest BCUT2D eigenvalue weighted by Crippen LogP contribution is -2.41. The fourth-order valence-corrected chi connectivity index (χ4v) is 1.59. The second kappa shape index (κ2) is 5.91. The fourth-order valence-electron chi connectivity index (χ4n) is 1.59. The van der Waals surface area contributed by atoms with Crippen LogP contribution < -0.4 is 10.6 Å². The largest absolute Gasteiger partial charge is 0.359 e. The van der Waals surface area contributed by atoms with Gasteiger partial charge in [-0.25, -0.2) is 8.78 Å². The molecule has 0 unspecified atom stereocenters. The van der Waals surface area contributed by atoms with E-state index in [2.05, 4.69) is 10.6 Å². The number of rotatable bonds is 5. The number of hydrogen-bond donors (Lipinski definition) is 2. The van der Waals surface area contributed by atoms with Gasteiger partial charge in [-0.05, 0) is 31.5 Å². The van der Waals surface area contributed by atoms with Crippen molar-refractivity contribution in [1.29, 1.82) is 0 Å². The van der Waals surface area contributed by atoms with Crippen molar-refractivity contribution in [1.82, 2.24) is 10.6 Å². The molecule has 0 aliphatic heterocycles. The molecule has 0 aromatic heterocycles. The van der Waals surface area contributed by atoms with Crippen LogP contribution in [0.3, 0.4) is 0 Å². The number of nitrogens with one attached hydrogen (secondary N) is 2. The van der Waals surface area contributed by atoms with Crippen LogP contribution >= 0.6 is 0 Å². The summed E-state index contributed by atoms with van der Waals surface area (Å²) in [4.78, 5) is 11.5. The van der Waals surface area contributed by atoms with Gasteiger partial charge in [0.05, 0.1) is 5.41 Å². The number of carbonyl (C=O) groups is 1. The third kappa shape index (κ3) is 3.77. The number of benzene rings is 1. The summed E-state index contributed by atoms with van der Waals surface area (Å²) in [5, 5.41) is 5.64. The first kappa shape index (κ1) is 14.6. The summed E-state index contributed by atoms with van der Waals surface area (Å²) in [6, 6.07) is 3.75. The van der Waals surface area contributed by atoms with Crippen molar-refractivity contribution in [2.24, 2.45) is 5.41 Å². The van der Waals surface area contributed by atoms with Crippen LogP contribution in [0.25, 0.3) is 0 Å². The van der Waals surface area contributed by atoms with Gasteiger partial charge in [-0.3, -0.25) is 4.79 Å². The SMILES string of the molecule is CNC(=O)C(C)(C)CNCc1ccc(F)c(F)c1. The maximum atomic E-state index is 13.0. The Morgan fingerprint density at radius 2 is 1.94 bits per heavy atom. The van der Waals surface area contributed by atoms with Gasteiger partial charge in [0.2, 0.25) is 5.91 Å². The zero-order valence-electron chi connectivity index (χ0n) is 10.8. The lowest BCUT2D eigenvalue weighted by Gasteiger charge is -2.22. The minimum Gasteiger partial charge on any atom is -0.359 e. The molecule has 0 radical (unpaired) electrons. The summed E-state index contributed by atoms with van der Waals surface area (Å²) in [5.74, 6) is -1.79. The topological polar surface area (TPSA) is 41.1 Å². The van der Waals surface area contributed by atoms with Crippen molar-refractivity contribution >= 4 is 5.91 Å². The monoisotopic (exact) mass is 256 g/mol. The van der Waals surface area contributed by atoms with Crippen LogP contribution in [0.1, 0.15) is 19.4 Å². The minimum absolute atomic E-state index is 0.0692. The average molecular weight is 256 g/mol. The molecule has 0 saturated heterocycles. The number of hydrogen-bond acceptors (Lipinski definition) is 2. The van der Waals surface area contributed by atoms with E-state index in [9.17, 15) is 13.6 Å². The quantitative estimate of drug-likeness (QED) is 0.844. The van der Waals surface area contributed by atoms with E-state index in [0.717, 1.165) is 12.1 Å². The molecule has 0 atom stereocenters. The van der Waals surface area contributed by atoms with E-state index in [-0.39, 0.29) is 5.91 Å². The highest BCUT2D eigenvalue weighted by Gasteiger charge is 2.25. The Balaban J connectivity index is 2.51. The molecule has 2 N–H and O–H groups in total. The molecule has 5 heteroatoms. The molecule has 0 fully saturated rings. The smallest absolute Gasteiger partial charge is 0.226 e. The van der Waals surface area contributed by atoms with E-state index in [4.69, 9.17) is 0 Å². The zero-order valence-corrected chi connectivity index (χ0v) is 10.8. The molecule has 1 amide bonds. The number of amides is 1. The Bertz CT molecular complexity index is 433. The van der Waals surface area contributed by atoms with Crippen molar-refractivity contribution in [2.75, 3.05) is 13.6 Å². The van der Waals surface area contributed by atoms with Gasteiger partial charge in [-0.2, -0.15) is 0 Å². The molecule has 0 aliphatic carbocycles. The molecule has 0 bridgehead atoms. The Kier molecular flexibility index (Phi) is 4.78. The normalized spacial score (nSPS) is 11.4. The number of carbonyl (C=O) groups excluding carboxylic acids is 1. The molecule has 0 aliphatic rings. The van der Waals surface area contributed by atoms with Crippen molar-refractivity contribution in [3.63, 3.8) is 0 Å². The van der Waals surface area contributed by atoms with E-state index in [1.807, 2.05) is 13.8 Å². The maximum Gasteiger partial charge on any atom is 0.226 e. The van der Waals surface area contributed by atoms with E-state index in [1.54, 1.807) is 7.05 Å². The predicted octanol–water partition coefficient (Wildman–Crippen LogP) is 1.83. The Morgan fingerprint density at radius 3 is 2.50 bits per heavy atom. The Hall–Kier alpha value is -1.49. The third-order valence-electron chi connectivity index (χ3n) is 2.72. The van der Waals surface area contributed by atoms with Crippen molar-refractivity contribution < 1.29 is 13.6 Å². The Morgan fingerprint density at radius 1 is 1.28 bits per heavy atom. The average Bonchev–Trinajstić information content (AvgIpc) is 2.32. The lowest BCUT2D eigenvalue weighted by molar-refractivity contribution is -0.128. The van der Waals surface area contributed by atoms with Crippen LogP contribution in [0.5, 0.6) is 0 Å². The van der Waals surface area contributed by atoms with Crippen molar-refractivity contribution in [3.8, 4) is 0 Å². The van der Waals surface area contributed by atoms with Gasteiger partial charge < -0.3 is 10.6 Å². The molecule has 1 aromatic carbocycles. The highest BCUT2D eigenvalue weighted by molar-refractivity contribution is 5.81. The number of halogens is 2. The van der Waals surface area contributed by atoms with Gasteiger partial charge >= 0.3 is 0 Å². The van der Waals surface area contributed by atoms with Gasteiger partial charge in [-0.15, -0.1) is 0 Å². The summed E-state index contributed by atoms with van der Waals surface area (Å²) in [6.07, 6.45) is 0. The summed E-state index contributed by atoms with van der Waals surface area (Å²) in [5.41, 5.74) is 0.0921. The van der Waals surface area contributed by atoms with Crippen molar-refractivity contribution in [2.45, 2.75) is 20.4 Å². The van der Waals surface area contributed by atoms with Crippen LogP contribution in [0.2, 0.25) is 0 Å².